The third kappa shape index (κ3) is 3.85. The van der Waals surface area contributed by atoms with Crippen molar-refractivity contribution in [2.24, 2.45) is 0 Å². The third-order valence-corrected chi connectivity index (χ3v) is 4.35. The van der Waals surface area contributed by atoms with Crippen LogP contribution in [0.1, 0.15) is 26.7 Å². The van der Waals surface area contributed by atoms with E-state index in [4.69, 9.17) is 0 Å². The lowest BCUT2D eigenvalue weighted by Crippen LogP contribution is -2.30. The van der Waals surface area contributed by atoms with Crippen molar-refractivity contribution in [3.8, 4) is 0 Å². The Hall–Kier alpha value is -0.820. The summed E-state index contributed by atoms with van der Waals surface area (Å²) in [5, 5.41) is 14.9. The van der Waals surface area contributed by atoms with Gasteiger partial charge in [-0.25, -0.2) is 0 Å². The summed E-state index contributed by atoms with van der Waals surface area (Å²) in [6.45, 7) is 4.46. The van der Waals surface area contributed by atoms with Crippen LogP contribution in [0.3, 0.4) is 0 Å². The minimum atomic E-state index is -0.128. The number of nitrogens with one attached hydrogen (secondary N) is 2. The first-order chi connectivity index (χ1) is 8.19. The molecule has 1 fully saturated rings. The number of hydrogen-bond acceptors (Lipinski definition) is 6. The summed E-state index contributed by atoms with van der Waals surface area (Å²) >= 11 is 2.97. The molecule has 17 heavy (non-hydrogen) atoms. The topological polar surface area (TPSA) is 66.9 Å². The molecule has 0 bridgehead atoms. The van der Waals surface area contributed by atoms with Crippen LogP contribution >= 0.6 is 23.1 Å². The number of nitrogens with zero attached hydrogens (tertiary/aromatic N) is 2. The molecule has 2 rings (SSSR count). The van der Waals surface area contributed by atoms with Gasteiger partial charge in [0.1, 0.15) is 0 Å². The molecule has 1 aromatic rings. The standard InChI is InChI=1S/C10H16N4OS2/c1-3-11-8(15)6(2)16-10-14-13-9(17-10)12-7-4-5-7/h6-7H,3-5H2,1-2H3,(H,11,15)(H,12,13)/t6-/m1/s1. The molecule has 1 aromatic heterocycles. The first-order valence-corrected chi connectivity index (χ1v) is 7.43. The van der Waals surface area contributed by atoms with Gasteiger partial charge in [0.25, 0.3) is 0 Å². The lowest BCUT2D eigenvalue weighted by Gasteiger charge is -2.07. The fraction of sp³-hybridized carbons (Fsp3) is 0.700. The van der Waals surface area contributed by atoms with Gasteiger partial charge in [-0.15, -0.1) is 10.2 Å². The van der Waals surface area contributed by atoms with E-state index in [1.165, 1.54) is 35.9 Å². The highest BCUT2D eigenvalue weighted by Crippen LogP contribution is 2.31. The number of carbonyl (C=O) groups excluding carboxylic acids is 1. The monoisotopic (exact) mass is 272 g/mol. The molecule has 1 saturated carbocycles. The zero-order chi connectivity index (χ0) is 12.3. The van der Waals surface area contributed by atoms with Crippen LogP contribution in [-0.2, 0) is 4.79 Å². The van der Waals surface area contributed by atoms with Crippen molar-refractivity contribution in [3.63, 3.8) is 0 Å². The van der Waals surface area contributed by atoms with Gasteiger partial charge in [-0.1, -0.05) is 23.1 Å². The average Bonchev–Trinajstić information content (AvgIpc) is 2.99. The molecule has 1 amide bonds. The maximum Gasteiger partial charge on any atom is 0.233 e. The van der Waals surface area contributed by atoms with Crippen molar-refractivity contribution >= 4 is 34.1 Å². The van der Waals surface area contributed by atoms with Crippen molar-refractivity contribution in [2.75, 3.05) is 11.9 Å². The highest BCUT2D eigenvalue weighted by Gasteiger charge is 2.23. The minimum Gasteiger partial charge on any atom is -0.357 e. The van der Waals surface area contributed by atoms with Crippen molar-refractivity contribution in [3.05, 3.63) is 0 Å². The molecule has 1 aliphatic rings. The normalized spacial score (nSPS) is 16.6. The molecule has 1 aliphatic carbocycles. The van der Waals surface area contributed by atoms with Crippen molar-refractivity contribution in [1.29, 1.82) is 0 Å². The summed E-state index contributed by atoms with van der Waals surface area (Å²) in [4.78, 5) is 11.6. The van der Waals surface area contributed by atoms with Crippen molar-refractivity contribution in [1.82, 2.24) is 15.5 Å². The second-order valence-corrected chi connectivity index (χ2v) is 6.51. The smallest absolute Gasteiger partial charge is 0.233 e. The van der Waals surface area contributed by atoms with Crippen molar-refractivity contribution in [2.45, 2.75) is 42.3 Å². The van der Waals surface area contributed by atoms with Crippen LogP contribution in [0.5, 0.6) is 0 Å². The van der Waals surface area contributed by atoms with E-state index in [-0.39, 0.29) is 11.2 Å². The van der Waals surface area contributed by atoms with Crippen LogP contribution in [-0.4, -0.2) is 33.9 Å². The number of rotatable bonds is 6. The summed E-state index contributed by atoms with van der Waals surface area (Å²) in [5.41, 5.74) is 0. The molecule has 1 atom stereocenters. The van der Waals surface area contributed by atoms with Crippen LogP contribution in [0.4, 0.5) is 5.13 Å². The molecule has 0 saturated heterocycles. The van der Waals surface area contributed by atoms with Gasteiger partial charge in [0.2, 0.25) is 11.0 Å². The fourth-order valence-electron chi connectivity index (χ4n) is 1.24. The summed E-state index contributed by atoms with van der Waals surface area (Å²) in [5.74, 6) is 0.0457. The summed E-state index contributed by atoms with van der Waals surface area (Å²) in [7, 11) is 0. The Morgan fingerprint density at radius 1 is 1.59 bits per heavy atom. The molecule has 0 radical (unpaired) electrons. The van der Waals surface area contributed by atoms with Gasteiger partial charge in [0.05, 0.1) is 5.25 Å². The Labute approximate surface area is 109 Å². The lowest BCUT2D eigenvalue weighted by molar-refractivity contribution is -0.120. The van der Waals surface area contributed by atoms with E-state index in [9.17, 15) is 4.79 Å². The summed E-state index contributed by atoms with van der Waals surface area (Å²) in [6.07, 6.45) is 2.44. The Balaban J connectivity index is 1.84. The molecule has 94 valence electrons. The number of anilines is 1. The first kappa shape index (κ1) is 12.6. The lowest BCUT2D eigenvalue weighted by atomic mass is 10.4. The zero-order valence-electron chi connectivity index (χ0n) is 9.90. The second kappa shape index (κ2) is 5.68. The molecule has 0 unspecified atom stereocenters. The van der Waals surface area contributed by atoms with Gasteiger partial charge in [0.15, 0.2) is 4.34 Å². The Morgan fingerprint density at radius 2 is 2.35 bits per heavy atom. The summed E-state index contributed by atoms with van der Waals surface area (Å²) in [6, 6.07) is 0.585. The van der Waals surface area contributed by atoms with Crippen LogP contribution in [0.15, 0.2) is 4.34 Å². The van der Waals surface area contributed by atoms with E-state index in [0.717, 1.165) is 9.47 Å². The molecule has 2 N–H and O–H groups in total. The van der Waals surface area contributed by atoms with Crippen LogP contribution in [0.25, 0.3) is 0 Å². The van der Waals surface area contributed by atoms with Gasteiger partial charge in [-0.2, -0.15) is 0 Å². The Morgan fingerprint density at radius 3 is 3.00 bits per heavy atom. The Bertz CT molecular complexity index is 391. The van der Waals surface area contributed by atoms with Crippen molar-refractivity contribution < 1.29 is 4.79 Å². The Kier molecular flexibility index (Phi) is 4.22. The number of carbonyl (C=O) groups is 1. The van der Waals surface area contributed by atoms with E-state index in [0.29, 0.717) is 12.6 Å². The molecular formula is C10H16N4OS2. The van der Waals surface area contributed by atoms with E-state index in [2.05, 4.69) is 20.8 Å². The van der Waals surface area contributed by atoms with Crippen LogP contribution < -0.4 is 10.6 Å². The fourth-order valence-corrected chi connectivity index (χ4v) is 3.24. The van der Waals surface area contributed by atoms with Gasteiger partial charge in [-0.3, -0.25) is 4.79 Å². The molecule has 0 aromatic carbocycles. The van der Waals surface area contributed by atoms with Gasteiger partial charge < -0.3 is 10.6 Å². The van der Waals surface area contributed by atoms with Gasteiger partial charge >= 0.3 is 0 Å². The number of aromatic nitrogens is 2. The molecule has 1 heterocycles. The highest BCUT2D eigenvalue weighted by atomic mass is 32.2. The molecule has 5 nitrogen and oxygen atoms in total. The van der Waals surface area contributed by atoms with Gasteiger partial charge in [-0.05, 0) is 26.7 Å². The quantitative estimate of drug-likeness (QED) is 0.772. The molecule has 0 spiro atoms. The summed E-state index contributed by atoms with van der Waals surface area (Å²) < 4.78 is 0.840. The van der Waals surface area contributed by atoms with E-state index < -0.39 is 0 Å². The van der Waals surface area contributed by atoms with E-state index >= 15 is 0 Å². The van der Waals surface area contributed by atoms with E-state index in [1.54, 1.807) is 0 Å². The number of amides is 1. The second-order valence-electron chi connectivity index (χ2n) is 3.95. The number of hydrogen-bond donors (Lipinski definition) is 2. The number of thioether (sulfide) groups is 1. The zero-order valence-corrected chi connectivity index (χ0v) is 11.5. The molecule has 7 heteroatoms. The SMILES string of the molecule is CCNC(=O)[C@@H](C)Sc1nnc(NC2CC2)s1. The average molecular weight is 272 g/mol. The van der Waals surface area contributed by atoms with E-state index in [1.807, 2.05) is 13.8 Å². The van der Waals surface area contributed by atoms with Gasteiger partial charge in [0, 0.05) is 12.6 Å². The third-order valence-electron chi connectivity index (χ3n) is 2.31. The predicted octanol–water partition coefficient (Wildman–Crippen LogP) is 1.73. The van der Waals surface area contributed by atoms with Crippen LogP contribution in [0.2, 0.25) is 0 Å². The first-order valence-electron chi connectivity index (χ1n) is 5.73. The highest BCUT2D eigenvalue weighted by molar-refractivity contribution is 8.02. The minimum absolute atomic E-state index is 0.0457. The maximum absolute atomic E-state index is 11.6. The van der Waals surface area contributed by atoms with Crippen LogP contribution in [0, 0.1) is 0 Å². The largest absolute Gasteiger partial charge is 0.357 e. The maximum atomic E-state index is 11.6. The molecule has 0 aliphatic heterocycles. The predicted molar refractivity (Wildman–Crippen MR) is 70.6 cm³/mol. The molecular weight excluding hydrogens is 256 g/mol.